The van der Waals surface area contributed by atoms with Gasteiger partial charge < -0.3 is 44.0 Å². The van der Waals surface area contributed by atoms with Crippen LogP contribution >= 0.6 is 0 Å². The Morgan fingerprint density at radius 2 is 1.57 bits per heavy atom. The fraction of sp³-hybridized carbons (Fsp3) is 0.370. The van der Waals surface area contributed by atoms with Crippen molar-refractivity contribution in [1.82, 2.24) is 10.6 Å². The summed E-state index contributed by atoms with van der Waals surface area (Å²) >= 11 is 0. The Morgan fingerprint density at radius 3 is 2.23 bits per heavy atom. The summed E-state index contributed by atoms with van der Waals surface area (Å²) < 4.78 is 0. The lowest BCUT2D eigenvalue weighted by Crippen LogP contribution is -2.53. The highest BCUT2D eigenvalue weighted by Gasteiger charge is 2.25. The van der Waals surface area contributed by atoms with Crippen molar-refractivity contribution in [2.24, 2.45) is 27.9 Å². The average molecular weight is 555 g/mol. The van der Waals surface area contributed by atoms with Gasteiger partial charge in [0.2, 0.25) is 17.7 Å². The quantitative estimate of drug-likeness (QED) is 0.0784. The average Bonchev–Trinajstić information content (AvgIpc) is 2.90. The van der Waals surface area contributed by atoms with E-state index in [4.69, 9.17) is 22.9 Å². The molecule has 0 aliphatic heterocycles. The number of phenolic OH excluding ortho intramolecular Hbond substituents is 1. The summed E-state index contributed by atoms with van der Waals surface area (Å²) in [5.41, 5.74) is 23.0. The number of nitrogens with one attached hydrogen (secondary N) is 3. The molecular weight excluding hydrogens is 516 g/mol. The summed E-state index contributed by atoms with van der Waals surface area (Å²) in [5.74, 6) is -2.10. The van der Waals surface area contributed by atoms with Gasteiger partial charge in [-0.25, -0.2) is 0 Å². The largest absolute Gasteiger partial charge is 0.508 e. The van der Waals surface area contributed by atoms with E-state index in [1.807, 2.05) is 0 Å². The van der Waals surface area contributed by atoms with Crippen molar-refractivity contribution in [2.75, 3.05) is 18.4 Å². The zero-order valence-corrected chi connectivity index (χ0v) is 22.3. The molecule has 13 heteroatoms. The fourth-order valence-corrected chi connectivity index (χ4v) is 3.81. The van der Waals surface area contributed by atoms with Crippen LogP contribution in [-0.4, -0.2) is 59.9 Å². The Bertz CT molecular complexity index is 1180. The van der Waals surface area contributed by atoms with Gasteiger partial charge in [-0.05, 0) is 74.5 Å². The van der Waals surface area contributed by atoms with Crippen LogP contribution in [0.1, 0.15) is 48.0 Å². The van der Waals surface area contributed by atoms with Crippen molar-refractivity contribution >= 4 is 35.3 Å². The highest BCUT2D eigenvalue weighted by molar-refractivity contribution is 6.00. The molecule has 0 radical (unpaired) electrons. The van der Waals surface area contributed by atoms with Gasteiger partial charge >= 0.3 is 0 Å². The second kappa shape index (κ2) is 16.3. The molecule has 0 saturated heterocycles. The molecule has 2 aromatic rings. The monoisotopic (exact) mass is 554 g/mol. The van der Waals surface area contributed by atoms with E-state index >= 15 is 0 Å². The highest BCUT2D eigenvalue weighted by atomic mass is 16.3. The molecule has 13 nitrogen and oxygen atoms in total. The van der Waals surface area contributed by atoms with Crippen LogP contribution in [0.15, 0.2) is 53.5 Å². The molecule has 2 rings (SSSR count). The normalized spacial score (nSPS) is 12.0. The maximum absolute atomic E-state index is 13.1. The zero-order valence-electron chi connectivity index (χ0n) is 22.3. The van der Waals surface area contributed by atoms with E-state index in [2.05, 4.69) is 20.9 Å². The second-order valence-electron chi connectivity index (χ2n) is 9.20. The summed E-state index contributed by atoms with van der Waals surface area (Å²) in [5, 5.41) is 17.4. The van der Waals surface area contributed by atoms with Gasteiger partial charge in [0, 0.05) is 17.8 Å². The third-order valence-electron chi connectivity index (χ3n) is 5.88. The van der Waals surface area contributed by atoms with Crippen molar-refractivity contribution in [2.45, 2.75) is 50.6 Å². The van der Waals surface area contributed by atoms with Crippen molar-refractivity contribution in [3.8, 4) is 5.75 Å². The van der Waals surface area contributed by atoms with Crippen molar-refractivity contribution in [3.63, 3.8) is 0 Å². The SMILES string of the molecule is NCCCC[C@H](NC(=O)c1cccc(NC(=O)Cc2ccc(O)cc2)c1)C(=O)N[C@@H](CCCN=C(N)N)C(N)=O. The lowest BCUT2D eigenvalue weighted by atomic mass is 10.1. The van der Waals surface area contributed by atoms with E-state index < -0.39 is 29.8 Å². The summed E-state index contributed by atoms with van der Waals surface area (Å²) in [7, 11) is 0. The number of carbonyl (C=O) groups excluding carboxylic acids is 4. The molecule has 216 valence electrons. The number of carbonyl (C=O) groups is 4. The van der Waals surface area contributed by atoms with E-state index in [1.165, 1.54) is 18.2 Å². The number of nitrogens with zero attached hydrogens (tertiary/aromatic N) is 1. The van der Waals surface area contributed by atoms with Crippen LogP contribution in [0.5, 0.6) is 5.75 Å². The number of guanidine groups is 1. The number of rotatable bonds is 16. The minimum absolute atomic E-state index is 0.0765. The Balaban J connectivity index is 2.05. The molecular formula is C27H38N8O5. The summed E-state index contributed by atoms with van der Waals surface area (Å²) in [6.07, 6.45) is 2.19. The predicted molar refractivity (Wildman–Crippen MR) is 152 cm³/mol. The summed E-state index contributed by atoms with van der Waals surface area (Å²) in [6.45, 7) is 0.684. The first kappa shape index (κ1) is 31.6. The Labute approximate surface area is 232 Å². The molecule has 0 heterocycles. The van der Waals surface area contributed by atoms with Crippen LogP contribution in [0.2, 0.25) is 0 Å². The predicted octanol–water partition coefficient (Wildman–Crippen LogP) is -0.175. The minimum atomic E-state index is -0.970. The van der Waals surface area contributed by atoms with Gasteiger partial charge in [0.1, 0.15) is 17.8 Å². The van der Waals surface area contributed by atoms with E-state index in [0.717, 1.165) is 0 Å². The smallest absolute Gasteiger partial charge is 0.252 e. The number of primary amides is 1. The molecule has 40 heavy (non-hydrogen) atoms. The third kappa shape index (κ3) is 11.4. The summed E-state index contributed by atoms with van der Waals surface area (Å²) in [4.78, 5) is 54.3. The van der Waals surface area contributed by atoms with Gasteiger partial charge in [-0.2, -0.15) is 0 Å². The fourth-order valence-electron chi connectivity index (χ4n) is 3.81. The number of benzene rings is 2. The van der Waals surface area contributed by atoms with Gasteiger partial charge in [0.25, 0.3) is 5.91 Å². The van der Waals surface area contributed by atoms with Crippen LogP contribution in [0.3, 0.4) is 0 Å². The number of nitrogens with two attached hydrogens (primary N) is 4. The van der Waals surface area contributed by atoms with E-state index in [-0.39, 0.29) is 49.0 Å². The number of hydrogen-bond acceptors (Lipinski definition) is 7. The number of phenols is 1. The van der Waals surface area contributed by atoms with E-state index in [0.29, 0.717) is 37.1 Å². The van der Waals surface area contributed by atoms with Gasteiger partial charge in [0.15, 0.2) is 5.96 Å². The maximum atomic E-state index is 13.1. The van der Waals surface area contributed by atoms with Crippen LogP contribution < -0.4 is 38.9 Å². The molecule has 0 spiro atoms. The molecule has 0 aliphatic rings. The first-order valence-electron chi connectivity index (χ1n) is 12.9. The van der Waals surface area contributed by atoms with Crippen LogP contribution in [0, 0.1) is 0 Å². The highest BCUT2D eigenvalue weighted by Crippen LogP contribution is 2.14. The molecule has 2 atom stereocenters. The van der Waals surface area contributed by atoms with Gasteiger partial charge in [-0.1, -0.05) is 18.2 Å². The molecule has 12 N–H and O–H groups in total. The topological polar surface area (TPSA) is 241 Å². The first-order chi connectivity index (χ1) is 19.1. The molecule has 0 aliphatic carbocycles. The maximum Gasteiger partial charge on any atom is 0.252 e. The number of amides is 4. The Morgan fingerprint density at radius 1 is 0.875 bits per heavy atom. The van der Waals surface area contributed by atoms with Crippen molar-refractivity contribution in [1.29, 1.82) is 0 Å². The molecule has 0 aromatic heterocycles. The third-order valence-corrected chi connectivity index (χ3v) is 5.88. The molecule has 4 amide bonds. The lowest BCUT2D eigenvalue weighted by Gasteiger charge is -2.22. The molecule has 0 fully saturated rings. The first-order valence-corrected chi connectivity index (χ1v) is 12.9. The van der Waals surface area contributed by atoms with Crippen molar-refractivity contribution < 1.29 is 24.3 Å². The van der Waals surface area contributed by atoms with E-state index in [9.17, 15) is 24.3 Å². The number of unbranched alkanes of at least 4 members (excludes halogenated alkanes) is 1. The standard InChI is InChI=1S/C27H38N8O5/c28-13-2-1-7-22(26(40)34-21(24(29)38)8-4-14-32-27(30)31)35-25(39)18-5-3-6-19(16-18)33-23(37)15-17-9-11-20(36)12-10-17/h3,5-6,9-12,16,21-22,36H,1-2,4,7-8,13-15,28H2,(H2,29,38)(H,33,37)(H,34,40)(H,35,39)(H4,30,31,32)/t21-,22-/m0/s1. The lowest BCUT2D eigenvalue weighted by molar-refractivity contribution is -0.128. The number of aliphatic imine (C=N–C) groups is 1. The van der Waals surface area contributed by atoms with Crippen molar-refractivity contribution in [3.05, 3.63) is 59.7 Å². The second-order valence-corrected chi connectivity index (χ2v) is 9.20. The zero-order chi connectivity index (χ0) is 29.5. The van der Waals surface area contributed by atoms with Crippen LogP contribution in [0.25, 0.3) is 0 Å². The Kier molecular flexibility index (Phi) is 12.9. The number of anilines is 1. The van der Waals surface area contributed by atoms with Gasteiger partial charge in [-0.3, -0.25) is 24.2 Å². The number of aromatic hydroxyl groups is 1. The minimum Gasteiger partial charge on any atom is -0.508 e. The van der Waals surface area contributed by atoms with Crippen LogP contribution in [0.4, 0.5) is 5.69 Å². The Hall–Kier alpha value is -4.65. The number of hydrogen-bond donors (Lipinski definition) is 8. The van der Waals surface area contributed by atoms with E-state index in [1.54, 1.807) is 30.3 Å². The summed E-state index contributed by atoms with van der Waals surface area (Å²) in [6, 6.07) is 10.6. The molecule has 0 saturated carbocycles. The van der Waals surface area contributed by atoms with Gasteiger partial charge in [-0.15, -0.1) is 0 Å². The van der Waals surface area contributed by atoms with Gasteiger partial charge in [0.05, 0.1) is 6.42 Å². The molecule has 0 bridgehead atoms. The molecule has 2 aromatic carbocycles. The van der Waals surface area contributed by atoms with Crippen LogP contribution in [-0.2, 0) is 20.8 Å². The molecule has 0 unspecified atom stereocenters.